The zero-order chi connectivity index (χ0) is 21.5. The van der Waals surface area contributed by atoms with Crippen molar-refractivity contribution in [1.82, 2.24) is 15.5 Å². The van der Waals surface area contributed by atoms with E-state index in [1.54, 1.807) is 31.3 Å². The second-order valence-electron chi connectivity index (χ2n) is 7.95. The number of nitrogens with zero attached hydrogens (tertiary/aromatic N) is 1. The number of amides is 4. The molecule has 0 radical (unpaired) electrons. The highest BCUT2D eigenvalue weighted by molar-refractivity contribution is 5.99. The summed E-state index contributed by atoms with van der Waals surface area (Å²) in [6.07, 6.45) is 6.53. The van der Waals surface area contributed by atoms with Gasteiger partial charge in [0.15, 0.2) is 0 Å². The quantitative estimate of drug-likeness (QED) is 0.658. The summed E-state index contributed by atoms with van der Waals surface area (Å²) in [4.78, 5) is 50.8. The molecule has 4 amide bonds. The number of benzene rings is 1. The average molecular weight is 415 g/mol. The number of nitrogens with one attached hydrogen (secondary N) is 3. The van der Waals surface area contributed by atoms with Gasteiger partial charge in [-0.15, -0.1) is 0 Å². The van der Waals surface area contributed by atoms with Gasteiger partial charge >= 0.3 is 0 Å². The van der Waals surface area contributed by atoms with Crippen molar-refractivity contribution in [2.75, 3.05) is 25.5 Å². The smallest absolute Gasteiger partial charge is 0.251 e. The van der Waals surface area contributed by atoms with E-state index in [0.29, 0.717) is 24.2 Å². The van der Waals surface area contributed by atoms with Gasteiger partial charge in [0.1, 0.15) is 6.04 Å². The Morgan fingerprint density at radius 2 is 1.77 bits per heavy atom. The number of anilines is 1. The molecule has 2 fully saturated rings. The van der Waals surface area contributed by atoms with Crippen LogP contribution in [-0.2, 0) is 14.4 Å². The van der Waals surface area contributed by atoms with Crippen LogP contribution in [0.1, 0.15) is 55.3 Å². The lowest BCUT2D eigenvalue weighted by atomic mass is 9.88. The topological polar surface area (TPSA) is 108 Å². The molecule has 1 aromatic rings. The fourth-order valence-electron chi connectivity index (χ4n) is 4.21. The average Bonchev–Trinajstić information content (AvgIpc) is 3.27. The fourth-order valence-corrected chi connectivity index (χ4v) is 4.21. The first-order valence-corrected chi connectivity index (χ1v) is 10.7. The van der Waals surface area contributed by atoms with Crippen molar-refractivity contribution in [2.45, 2.75) is 51.0 Å². The van der Waals surface area contributed by atoms with Crippen LogP contribution >= 0.6 is 0 Å². The van der Waals surface area contributed by atoms with Gasteiger partial charge in [-0.25, -0.2) is 0 Å². The highest BCUT2D eigenvalue weighted by Gasteiger charge is 2.33. The summed E-state index contributed by atoms with van der Waals surface area (Å²) in [6, 6.07) is 6.23. The predicted octanol–water partition coefficient (Wildman–Crippen LogP) is 1.67. The van der Waals surface area contributed by atoms with Gasteiger partial charge in [0.25, 0.3) is 5.91 Å². The molecule has 1 aliphatic carbocycles. The van der Waals surface area contributed by atoms with Crippen LogP contribution in [-0.4, -0.2) is 54.7 Å². The molecule has 1 unspecified atom stereocenters. The number of carbonyl (C=O) groups excluding carboxylic acids is 4. The highest BCUT2D eigenvalue weighted by atomic mass is 16.2. The summed E-state index contributed by atoms with van der Waals surface area (Å²) < 4.78 is 0. The molecule has 1 saturated heterocycles. The summed E-state index contributed by atoms with van der Waals surface area (Å²) >= 11 is 0. The van der Waals surface area contributed by atoms with Crippen molar-refractivity contribution >= 4 is 29.3 Å². The fraction of sp³-hybridized carbons (Fsp3) is 0.545. The van der Waals surface area contributed by atoms with Crippen LogP contribution in [0.25, 0.3) is 0 Å². The van der Waals surface area contributed by atoms with Gasteiger partial charge in [0.2, 0.25) is 17.7 Å². The maximum Gasteiger partial charge on any atom is 0.251 e. The zero-order valence-corrected chi connectivity index (χ0v) is 17.4. The molecule has 3 N–H and O–H groups in total. The molecule has 8 heteroatoms. The monoisotopic (exact) mass is 414 g/mol. The van der Waals surface area contributed by atoms with Crippen LogP contribution in [0.3, 0.4) is 0 Å². The van der Waals surface area contributed by atoms with Crippen molar-refractivity contribution in [2.24, 2.45) is 5.92 Å². The molecular weight excluding hydrogens is 384 g/mol. The Bertz CT molecular complexity index is 804. The number of likely N-dealkylation sites (tertiary alicyclic amines) is 1. The van der Waals surface area contributed by atoms with Gasteiger partial charge in [-0.3, -0.25) is 19.2 Å². The molecule has 1 atom stereocenters. The van der Waals surface area contributed by atoms with E-state index in [4.69, 9.17) is 0 Å². The van der Waals surface area contributed by atoms with Gasteiger partial charge in [-0.05, 0) is 43.9 Å². The zero-order valence-electron chi connectivity index (χ0n) is 17.4. The maximum atomic E-state index is 12.5. The highest BCUT2D eigenvalue weighted by Crippen LogP contribution is 2.25. The molecule has 30 heavy (non-hydrogen) atoms. The van der Waals surface area contributed by atoms with Gasteiger partial charge in [0, 0.05) is 30.8 Å². The molecule has 0 bridgehead atoms. The molecule has 1 aliphatic heterocycles. The molecular formula is C22H30N4O4. The molecule has 8 nitrogen and oxygen atoms in total. The Balaban J connectivity index is 1.54. The number of hydrogen-bond acceptors (Lipinski definition) is 4. The lowest BCUT2D eigenvalue weighted by Crippen LogP contribution is -2.48. The van der Waals surface area contributed by atoms with Crippen LogP contribution < -0.4 is 16.0 Å². The number of hydrogen-bond donors (Lipinski definition) is 3. The standard InChI is InChI=1S/C22H30N4O4/c1-23-22(30)18-11-6-12-26(18)19(27)14-24-20(28)16-9-5-10-17(13-16)25-21(29)15-7-3-2-4-8-15/h5,9-10,13,15,18H,2-4,6-8,11-12,14H2,1H3,(H,23,30)(H,24,28)(H,25,29). The van der Waals surface area contributed by atoms with E-state index < -0.39 is 11.9 Å². The van der Waals surface area contributed by atoms with Crippen LogP contribution in [0.5, 0.6) is 0 Å². The first-order chi connectivity index (χ1) is 14.5. The van der Waals surface area contributed by atoms with Gasteiger partial charge in [-0.1, -0.05) is 25.3 Å². The lowest BCUT2D eigenvalue weighted by molar-refractivity contribution is -0.137. The largest absolute Gasteiger partial charge is 0.357 e. The first kappa shape index (κ1) is 21.8. The minimum atomic E-state index is -0.474. The third kappa shape index (κ3) is 5.37. The van der Waals surface area contributed by atoms with Crippen molar-refractivity contribution in [1.29, 1.82) is 0 Å². The minimum absolute atomic E-state index is 0.00304. The van der Waals surface area contributed by atoms with Crippen molar-refractivity contribution < 1.29 is 19.2 Å². The molecule has 162 valence electrons. The van der Waals surface area contributed by atoms with Crippen LogP contribution in [0, 0.1) is 5.92 Å². The third-order valence-corrected chi connectivity index (χ3v) is 5.89. The van der Waals surface area contributed by atoms with E-state index in [2.05, 4.69) is 16.0 Å². The van der Waals surface area contributed by atoms with E-state index in [1.165, 1.54) is 11.3 Å². The second-order valence-corrected chi connectivity index (χ2v) is 7.95. The summed E-state index contributed by atoms with van der Waals surface area (Å²) in [5, 5.41) is 8.10. The second kappa shape index (κ2) is 10.2. The predicted molar refractivity (Wildman–Crippen MR) is 113 cm³/mol. The van der Waals surface area contributed by atoms with Crippen molar-refractivity contribution in [3.05, 3.63) is 29.8 Å². The molecule has 0 aromatic heterocycles. The summed E-state index contributed by atoms with van der Waals surface area (Å²) in [5.41, 5.74) is 0.942. The number of rotatable bonds is 6. The van der Waals surface area contributed by atoms with E-state index in [1.807, 2.05) is 0 Å². The molecule has 1 saturated carbocycles. The Morgan fingerprint density at radius 3 is 2.50 bits per heavy atom. The van der Waals surface area contributed by atoms with E-state index in [0.717, 1.165) is 32.1 Å². The van der Waals surface area contributed by atoms with E-state index in [9.17, 15) is 19.2 Å². The van der Waals surface area contributed by atoms with Crippen molar-refractivity contribution in [3.63, 3.8) is 0 Å². The molecule has 0 spiro atoms. The number of carbonyl (C=O) groups is 4. The molecule has 1 aromatic carbocycles. The summed E-state index contributed by atoms with van der Waals surface area (Å²) in [6.45, 7) is 0.334. The Morgan fingerprint density at radius 1 is 1.00 bits per heavy atom. The molecule has 1 heterocycles. The van der Waals surface area contributed by atoms with Crippen molar-refractivity contribution in [3.8, 4) is 0 Å². The van der Waals surface area contributed by atoms with Crippen LogP contribution in [0.15, 0.2) is 24.3 Å². The maximum absolute atomic E-state index is 12.5. The Kier molecular flexibility index (Phi) is 7.43. The molecule has 2 aliphatic rings. The Hall–Kier alpha value is -2.90. The van der Waals surface area contributed by atoms with Gasteiger partial charge < -0.3 is 20.9 Å². The third-order valence-electron chi connectivity index (χ3n) is 5.89. The molecule has 3 rings (SSSR count). The minimum Gasteiger partial charge on any atom is -0.357 e. The SMILES string of the molecule is CNC(=O)C1CCCN1C(=O)CNC(=O)c1cccc(NC(=O)C2CCCCC2)c1. The first-order valence-electron chi connectivity index (χ1n) is 10.7. The number of likely N-dealkylation sites (N-methyl/N-ethyl adjacent to an activating group) is 1. The summed E-state index contributed by atoms with van der Waals surface area (Å²) in [7, 11) is 1.55. The van der Waals surface area contributed by atoms with Gasteiger partial charge in [-0.2, -0.15) is 0 Å². The Labute approximate surface area is 176 Å². The lowest BCUT2D eigenvalue weighted by Gasteiger charge is -2.23. The van der Waals surface area contributed by atoms with E-state index in [-0.39, 0.29) is 30.2 Å². The summed E-state index contributed by atoms with van der Waals surface area (Å²) in [5.74, 6) is -0.836. The van der Waals surface area contributed by atoms with Crippen LogP contribution in [0.2, 0.25) is 0 Å². The normalized spacial score (nSPS) is 19.2. The van der Waals surface area contributed by atoms with Crippen LogP contribution in [0.4, 0.5) is 5.69 Å². The van der Waals surface area contributed by atoms with Gasteiger partial charge in [0.05, 0.1) is 6.54 Å². The van der Waals surface area contributed by atoms with E-state index >= 15 is 0 Å².